The lowest BCUT2D eigenvalue weighted by Gasteiger charge is -1.95. The zero-order chi connectivity index (χ0) is 9.10. The van der Waals surface area contributed by atoms with Gasteiger partial charge in [0.25, 0.3) is 0 Å². The number of anilines is 2. The van der Waals surface area contributed by atoms with E-state index in [1.165, 1.54) is 24.4 Å². The van der Waals surface area contributed by atoms with Crippen molar-refractivity contribution in [3.63, 3.8) is 0 Å². The third kappa shape index (κ3) is 2.73. The summed E-state index contributed by atoms with van der Waals surface area (Å²) in [6.07, 6.45) is 7.18. The topological polar surface area (TPSA) is 50.9 Å². The van der Waals surface area contributed by atoms with Crippen LogP contribution in [0.3, 0.4) is 0 Å². The Morgan fingerprint density at radius 2 is 2.54 bits per heavy atom. The SMILES string of the molecule is Nc1cc(NC/C=C/C2CC2)sn1. The lowest BCUT2D eigenvalue weighted by Crippen LogP contribution is -1.95. The third-order valence-corrected chi connectivity index (χ3v) is 2.71. The molecule has 2 rings (SSSR count). The van der Waals surface area contributed by atoms with Crippen molar-refractivity contribution in [1.29, 1.82) is 0 Å². The fourth-order valence-corrected chi connectivity index (χ4v) is 1.66. The molecule has 0 radical (unpaired) electrons. The van der Waals surface area contributed by atoms with Crippen molar-refractivity contribution in [2.24, 2.45) is 5.92 Å². The zero-order valence-electron chi connectivity index (χ0n) is 7.36. The standard InChI is InChI=1S/C9H13N3S/c10-8-6-9(13-12-8)11-5-1-2-7-3-4-7/h1-2,6-7,11H,3-5H2,(H2,10,12)/b2-1+. The number of rotatable bonds is 4. The van der Waals surface area contributed by atoms with E-state index in [2.05, 4.69) is 21.8 Å². The summed E-state index contributed by atoms with van der Waals surface area (Å²) in [4.78, 5) is 0. The van der Waals surface area contributed by atoms with Crippen LogP contribution in [0.5, 0.6) is 0 Å². The second kappa shape index (κ2) is 3.79. The highest BCUT2D eigenvalue weighted by atomic mass is 32.1. The summed E-state index contributed by atoms with van der Waals surface area (Å²) >= 11 is 1.40. The van der Waals surface area contributed by atoms with E-state index in [1.807, 2.05) is 6.07 Å². The molecule has 0 aromatic carbocycles. The van der Waals surface area contributed by atoms with Gasteiger partial charge in [-0.2, -0.15) is 4.37 Å². The van der Waals surface area contributed by atoms with Crippen molar-refractivity contribution in [2.75, 3.05) is 17.6 Å². The van der Waals surface area contributed by atoms with Gasteiger partial charge in [0.05, 0.1) is 0 Å². The van der Waals surface area contributed by atoms with Crippen LogP contribution in [0, 0.1) is 5.92 Å². The smallest absolute Gasteiger partial charge is 0.139 e. The second-order valence-corrected chi connectivity index (χ2v) is 4.07. The molecule has 0 unspecified atom stereocenters. The van der Waals surface area contributed by atoms with Gasteiger partial charge >= 0.3 is 0 Å². The average molecular weight is 195 g/mol. The van der Waals surface area contributed by atoms with Crippen molar-refractivity contribution in [3.8, 4) is 0 Å². The number of hydrogen-bond donors (Lipinski definition) is 2. The highest BCUT2D eigenvalue weighted by molar-refractivity contribution is 7.10. The molecular formula is C9H13N3S. The van der Waals surface area contributed by atoms with E-state index in [4.69, 9.17) is 5.73 Å². The van der Waals surface area contributed by atoms with Gasteiger partial charge < -0.3 is 11.1 Å². The van der Waals surface area contributed by atoms with E-state index in [0.29, 0.717) is 5.82 Å². The molecule has 0 aliphatic heterocycles. The quantitative estimate of drug-likeness (QED) is 0.723. The molecule has 70 valence electrons. The number of hydrogen-bond acceptors (Lipinski definition) is 4. The maximum atomic E-state index is 5.48. The number of nitrogens with one attached hydrogen (secondary N) is 1. The molecule has 1 saturated carbocycles. The first-order valence-electron chi connectivity index (χ1n) is 4.47. The average Bonchev–Trinajstić information content (AvgIpc) is 2.84. The van der Waals surface area contributed by atoms with Gasteiger partial charge in [-0.25, -0.2) is 0 Å². The molecule has 1 fully saturated rings. The summed E-state index contributed by atoms with van der Waals surface area (Å²) in [5.41, 5.74) is 5.48. The first kappa shape index (κ1) is 8.56. The predicted molar refractivity (Wildman–Crippen MR) is 56.9 cm³/mol. The minimum Gasteiger partial charge on any atom is -0.383 e. The van der Waals surface area contributed by atoms with Gasteiger partial charge in [-0.1, -0.05) is 12.2 Å². The Labute approximate surface area is 81.8 Å². The van der Waals surface area contributed by atoms with E-state index < -0.39 is 0 Å². The van der Waals surface area contributed by atoms with Gasteiger partial charge in [-0.05, 0) is 30.3 Å². The molecule has 1 aromatic heterocycles. The number of allylic oxidation sites excluding steroid dienone is 1. The van der Waals surface area contributed by atoms with Crippen LogP contribution in [0.15, 0.2) is 18.2 Å². The van der Waals surface area contributed by atoms with E-state index >= 15 is 0 Å². The van der Waals surface area contributed by atoms with Crippen molar-refractivity contribution < 1.29 is 0 Å². The van der Waals surface area contributed by atoms with Crippen molar-refractivity contribution in [3.05, 3.63) is 18.2 Å². The largest absolute Gasteiger partial charge is 0.383 e. The molecule has 1 heterocycles. The van der Waals surface area contributed by atoms with Crippen LogP contribution < -0.4 is 11.1 Å². The molecule has 0 atom stereocenters. The van der Waals surface area contributed by atoms with Crippen molar-refractivity contribution >= 4 is 22.4 Å². The molecular weight excluding hydrogens is 182 g/mol. The number of nitrogen functional groups attached to an aromatic ring is 1. The summed E-state index contributed by atoms with van der Waals surface area (Å²) in [5, 5.41) is 4.28. The fourth-order valence-electron chi connectivity index (χ4n) is 1.08. The Balaban J connectivity index is 1.72. The summed E-state index contributed by atoms with van der Waals surface area (Å²) < 4.78 is 3.98. The molecule has 3 N–H and O–H groups in total. The minimum absolute atomic E-state index is 0.596. The van der Waals surface area contributed by atoms with E-state index in [1.54, 1.807) is 0 Å². The monoisotopic (exact) mass is 195 g/mol. The molecule has 0 amide bonds. The summed E-state index contributed by atoms with van der Waals surface area (Å²) in [7, 11) is 0. The molecule has 1 aliphatic carbocycles. The van der Waals surface area contributed by atoms with Crippen LogP contribution in [0.2, 0.25) is 0 Å². The fraction of sp³-hybridized carbons (Fsp3) is 0.444. The first-order valence-corrected chi connectivity index (χ1v) is 5.24. The van der Waals surface area contributed by atoms with Gasteiger partial charge in [0.15, 0.2) is 0 Å². The Hall–Kier alpha value is -1.03. The highest BCUT2D eigenvalue weighted by Gasteiger charge is 2.16. The Morgan fingerprint density at radius 3 is 3.15 bits per heavy atom. The molecule has 1 aromatic rings. The zero-order valence-corrected chi connectivity index (χ0v) is 8.18. The molecule has 4 heteroatoms. The Morgan fingerprint density at radius 1 is 1.69 bits per heavy atom. The van der Waals surface area contributed by atoms with E-state index in [0.717, 1.165) is 17.5 Å². The minimum atomic E-state index is 0.596. The lowest BCUT2D eigenvalue weighted by atomic mass is 10.3. The van der Waals surface area contributed by atoms with Crippen molar-refractivity contribution in [2.45, 2.75) is 12.8 Å². The molecule has 1 aliphatic rings. The molecule has 0 spiro atoms. The van der Waals surface area contributed by atoms with E-state index in [9.17, 15) is 0 Å². The molecule has 0 saturated heterocycles. The van der Waals surface area contributed by atoms with Crippen LogP contribution in [-0.2, 0) is 0 Å². The normalized spacial score (nSPS) is 16.6. The summed E-state index contributed by atoms with van der Waals surface area (Å²) in [5.74, 6) is 1.45. The maximum Gasteiger partial charge on any atom is 0.139 e. The first-order chi connectivity index (χ1) is 6.34. The van der Waals surface area contributed by atoms with Gasteiger partial charge in [-0.3, -0.25) is 0 Å². The van der Waals surface area contributed by atoms with Crippen LogP contribution >= 0.6 is 11.5 Å². The maximum absolute atomic E-state index is 5.48. The number of aromatic nitrogens is 1. The molecule has 3 nitrogen and oxygen atoms in total. The van der Waals surface area contributed by atoms with E-state index in [-0.39, 0.29) is 0 Å². The van der Waals surface area contributed by atoms with Crippen LogP contribution in [-0.4, -0.2) is 10.9 Å². The Kier molecular flexibility index (Phi) is 2.49. The molecule has 0 bridgehead atoms. The Bertz CT molecular complexity index is 302. The second-order valence-electron chi connectivity index (χ2n) is 3.26. The summed E-state index contributed by atoms with van der Waals surface area (Å²) in [6, 6.07) is 1.86. The summed E-state index contributed by atoms with van der Waals surface area (Å²) in [6.45, 7) is 0.873. The number of nitrogens with two attached hydrogens (primary N) is 1. The van der Waals surface area contributed by atoms with Gasteiger partial charge in [0, 0.05) is 12.6 Å². The third-order valence-electron chi connectivity index (χ3n) is 1.95. The highest BCUT2D eigenvalue weighted by Crippen LogP contribution is 2.29. The van der Waals surface area contributed by atoms with Crippen LogP contribution in [0.1, 0.15) is 12.8 Å². The van der Waals surface area contributed by atoms with Gasteiger partial charge in [0.2, 0.25) is 0 Å². The molecule has 13 heavy (non-hydrogen) atoms. The van der Waals surface area contributed by atoms with Crippen LogP contribution in [0.25, 0.3) is 0 Å². The van der Waals surface area contributed by atoms with Crippen molar-refractivity contribution in [1.82, 2.24) is 4.37 Å². The predicted octanol–water partition coefficient (Wildman–Crippen LogP) is 2.10. The van der Waals surface area contributed by atoms with Crippen LogP contribution in [0.4, 0.5) is 10.8 Å². The van der Waals surface area contributed by atoms with Gasteiger partial charge in [-0.15, -0.1) is 0 Å². The lowest BCUT2D eigenvalue weighted by molar-refractivity contribution is 1.11. The number of nitrogens with zero attached hydrogens (tertiary/aromatic N) is 1. The van der Waals surface area contributed by atoms with Gasteiger partial charge in [0.1, 0.15) is 10.8 Å².